The van der Waals surface area contributed by atoms with Crippen molar-refractivity contribution >= 4 is 55.8 Å². The Morgan fingerprint density at radius 2 is 1.84 bits per heavy atom. The number of piperidine rings is 1. The number of hydrogen-bond donors (Lipinski definition) is 3. The molecule has 0 radical (unpaired) electrons. The van der Waals surface area contributed by atoms with Gasteiger partial charge < -0.3 is 20.3 Å². The first kappa shape index (κ1) is 28.8. The number of aromatic amines is 1. The van der Waals surface area contributed by atoms with Gasteiger partial charge in [-0.25, -0.2) is 0 Å². The number of fused-ring (bicyclic) bond motifs is 3. The van der Waals surface area contributed by atoms with Gasteiger partial charge in [0.2, 0.25) is 11.8 Å². The van der Waals surface area contributed by atoms with Gasteiger partial charge in [-0.1, -0.05) is 18.2 Å². The molecule has 10 nitrogen and oxygen atoms in total. The van der Waals surface area contributed by atoms with E-state index in [1.807, 2.05) is 42.5 Å². The molecule has 1 spiro atoms. The Balaban J connectivity index is 1.18. The number of ketones is 1. The number of nitrogens with zero attached hydrogens (tertiary/aromatic N) is 3. The number of amides is 2. The van der Waals surface area contributed by atoms with Crippen molar-refractivity contribution in [2.75, 3.05) is 56.2 Å². The van der Waals surface area contributed by atoms with E-state index in [9.17, 15) is 14.4 Å². The van der Waals surface area contributed by atoms with Crippen molar-refractivity contribution in [3.63, 3.8) is 0 Å². The number of carbonyl (C=O) groups is 3. The van der Waals surface area contributed by atoms with E-state index in [1.54, 1.807) is 23.2 Å². The number of benzene rings is 3. The highest BCUT2D eigenvalue weighted by molar-refractivity contribution is 9.10. The molecule has 2 saturated heterocycles. The lowest BCUT2D eigenvalue weighted by atomic mass is 9.73. The molecule has 0 unspecified atom stereocenters. The molecular weight excluding hydrogens is 624 g/mol. The largest absolute Gasteiger partial charge is 0.379 e. The van der Waals surface area contributed by atoms with Crippen LogP contribution in [0.1, 0.15) is 39.9 Å². The van der Waals surface area contributed by atoms with Gasteiger partial charge in [-0.2, -0.15) is 5.10 Å². The molecule has 3 aliphatic rings. The molecule has 4 heterocycles. The zero-order chi connectivity index (χ0) is 30.3. The third kappa shape index (κ3) is 5.13. The zero-order valence-corrected chi connectivity index (χ0v) is 25.8. The number of para-hydroxylation sites is 1. The van der Waals surface area contributed by atoms with Crippen LogP contribution in [0, 0.1) is 0 Å². The summed E-state index contributed by atoms with van der Waals surface area (Å²) in [6.45, 7) is 5.01. The van der Waals surface area contributed by atoms with Gasteiger partial charge in [-0.3, -0.25) is 24.4 Å². The van der Waals surface area contributed by atoms with Crippen LogP contribution in [-0.2, 0) is 26.3 Å². The summed E-state index contributed by atoms with van der Waals surface area (Å²) in [6, 6.07) is 16.8. The lowest BCUT2D eigenvalue weighted by molar-refractivity contribution is -0.125. The number of aromatic nitrogens is 2. The highest BCUT2D eigenvalue weighted by atomic mass is 79.9. The number of ether oxygens (including phenoxy) is 1. The van der Waals surface area contributed by atoms with Gasteiger partial charge in [-0.05, 0) is 83.8 Å². The molecule has 11 heteroatoms. The third-order valence-electron chi connectivity index (χ3n) is 9.04. The monoisotopic (exact) mass is 656 g/mol. The molecule has 4 aromatic rings. The van der Waals surface area contributed by atoms with E-state index in [0.29, 0.717) is 67.0 Å². The van der Waals surface area contributed by atoms with Crippen LogP contribution < -0.4 is 15.5 Å². The van der Waals surface area contributed by atoms with Gasteiger partial charge in [0.1, 0.15) is 6.54 Å². The summed E-state index contributed by atoms with van der Waals surface area (Å²) < 4.78 is 6.09. The van der Waals surface area contributed by atoms with Crippen molar-refractivity contribution in [3.8, 4) is 0 Å². The van der Waals surface area contributed by atoms with Crippen molar-refractivity contribution < 1.29 is 19.1 Å². The van der Waals surface area contributed by atoms with Gasteiger partial charge in [0.05, 0.1) is 30.3 Å². The lowest BCUT2D eigenvalue weighted by Crippen LogP contribution is -2.48. The number of H-pyrrole nitrogens is 1. The quantitative estimate of drug-likeness (QED) is 0.257. The SMILES string of the molecule is O=C(CN1C(=O)C2(CCNCC2)c2c1ccc(C(=O)c1ccc3[nH]ncc3c1)c2Br)Nc1ccccc1CN1CCOCC1. The normalized spacial score (nSPS) is 18.1. The number of nitrogens with one attached hydrogen (secondary N) is 3. The van der Waals surface area contributed by atoms with Crippen LogP contribution in [0.5, 0.6) is 0 Å². The second-order valence-corrected chi connectivity index (χ2v) is 12.4. The molecule has 3 N–H and O–H groups in total. The molecule has 44 heavy (non-hydrogen) atoms. The highest BCUT2D eigenvalue weighted by Gasteiger charge is 2.53. The molecule has 1 aromatic heterocycles. The first-order valence-corrected chi connectivity index (χ1v) is 15.8. The molecule has 2 amide bonds. The minimum absolute atomic E-state index is 0.101. The van der Waals surface area contributed by atoms with E-state index in [-0.39, 0.29) is 24.1 Å². The molecule has 3 aliphatic heterocycles. The Morgan fingerprint density at radius 1 is 1.05 bits per heavy atom. The molecule has 7 rings (SSSR count). The van der Waals surface area contributed by atoms with Gasteiger partial charge in [0.25, 0.3) is 0 Å². The Bertz CT molecular complexity index is 1760. The second-order valence-electron chi connectivity index (χ2n) is 11.6. The standard InChI is InChI=1S/C33H33BrN6O4/c34-30-24(31(42)21-5-7-26-23(17-21)18-36-38-26)6-8-27-29(30)33(9-11-35-12-10-33)32(43)40(27)20-28(41)37-25-4-2-1-3-22(25)19-39-13-15-44-16-14-39/h1-8,17-18,35H,9-16,19-20H2,(H,36,38)(H,37,41). The molecule has 0 saturated carbocycles. The van der Waals surface area contributed by atoms with Crippen LogP contribution >= 0.6 is 15.9 Å². The predicted molar refractivity (Wildman–Crippen MR) is 171 cm³/mol. The van der Waals surface area contributed by atoms with Crippen molar-refractivity contribution in [1.82, 2.24) is 20.4 Å². The summed E-state index contributed by atoms with van der Waals surface area (Å²) in [4.78, 5) is 45.5. The second kappa shape index (κ2) is 11.9. The van der Waals surface area contributed by atoms with Crippen LogP contribution in [0.25, 0.3) is 10.9 Å². The highest BCUT2D eigenvalue weighted by Crippen LogP contribution is 2.51. The number of carbonyl (C=O) groups excluding carboxylic acids is 3. The van der Waals surface area contributed by atoms with Crippen LogP contribution in [0.4, 0.5) is 11.4 Å². The van der Waals surface area contributed by atoms with Crippen LogP contribution in [0.15, 0.2) is 65.3 Å². The number of rotatable bonds is 7. The van der Waals surface area contributed by atoms with Crippen LogP contribution in [0.3, 0.4) is 0 Å². The third-order valence-corrected chi connectivity index (χ3v) is 9.86. The molecular formula is C33H33BrN6O4. The van der Waals surface area contributed by atoms with Gasteiger partial charge in [-0.15, -0.1) is 0 Å². The topological polar surface area (TPSA) is 120 Å². The maximum Gasteiger partial charge on any atom is 0.244 e. The summed E-state index contributed by atoms with van der Waals surface area (Å²) in [5.74, 6) is -0.516. The fraction of sp³-hybridized carbons (Fsp3) is 0.333. The van der Waals surface area contributed by atoms with E-state index in [4.69, 9.17) is 4.74 Å². The van der Waals surface area contributed by atoms with Crippen molar-refractivity contribution in [2.24, 2.45) is 0 Å². The Labute approximate surface area is 263 Å². The van der Waals surface area contributed by atoms with E-state index in [2.05, 4.69) is 41.7 Å². The van der Waals surface area contributed by atoms with E-state index in [1.165, 1.54) is 0 Å². The number of hydrogen-bond acceptors (Lipinski definition) is 7. The zero-order valence-electron chi connectivity index (χ0n) is 24.2. The average Bonchev–Trinajstić information content (AvgIpc) is 3.60. The summed E-state index contributed by atoms with van der Waals surface area (Å²) in [5.41, 5.74) is 4.28. The van der Waals surface area contributed by atoms with E-state index >= 15 is 0 Å². The molecule has 226 valence electrons. The number of morpholine rings is 1. The summed E-state index contributed by atoms with van der Waals surface area (Å²) in [6.07, 6.45) is 2.85. The molecule has 0 atom stereocenters. The van der Waals surface area contributed by atoms with E-state index < -0.39 is 5.41 Å². The van der Waals surface area contributed by atoms with Crippen LogP contribution in [-0.4, -0.2) is 78.6 Å². The number of anilines is 2. The fourth-order valence-corrected chi connectivity index (χ4v) is 7.62. The van der Waals surface area contributed by atoms with Crippen molar-refractivity contribution in [2.45, 2.75) is 24.8 Å². The van der Waals surface area contributed by atoms with Gasteiger partial charge in [0.15, 0.2) is 5.78 Å². The lowest BCUT2D eigenvalue weighted by Gasteiger charge is -2.33. The molecule has 0 aliphatic carbocycles. The molecule has 2 fully saturated rings. The fourth-order valence-electron chi connectivity index (χ4n) is 6.72. The predicted octanol–water partition coefficient (Wildman–Crippen LogP) is 4.00. The van der Waals surface area contributed by atoms with Gasteiger partial charge in [0, 0.05) is 57.6 Å². The minimum atomic E-state index is -0.821. The minimum Gasteiger partial charge on any atom is -0.379 e. The van der Waals surface area contributed by atoms with Gasteiger partial charge >= 0.3 is 0 Å². The Hall–Kier alpha value is -3.90. The summed E-state index contributed by atoms with van der Waals surface area (Å²) in [7, 11) is 0. The number of halogens is 1. The maximum atomic E-state index is 14.3. The smallest absolute Gasteiger partial charge is 0.244 e. The van der Waals surface area contributed by atoms with Crippen LogP contribution in [0.2, 0.25) is 0 Å². The Kier molecular flexibility index (Phi) is 7.79. The van der Waals surface area contributed by atoms with E-state index in [0.717, 1.165) is 40.8 Å². The maximum absolute atomic E-state index is 14.3. The van der Waals surface area contributed by atoms with Crippen molar-refractivity contribution in [3.05, 3.63) is 87.5 Å². The first-order chi connectivity index (χ1) is 21.4. The Morgan fingerprint density at radius 3 is 2.66 bits per heavy atom. The molecule has 3 aromatic carbocycles. The molecule has 0 bridgehead atoms. The average molecular weight is 658 g/mol. The first-order valence-electron chi connectivity index (χ1n) is 15.0. The summed E-state index contributed by atoms with van der Waals surface area (Å²) >= 11 is 3.76. The summed E-state index contributed by atoms with van der Waals surface area (Å²) in [5, 5.41) is 14.3. The van der Waals surface area contributed by atoms with Crippen molar-refractivity contribution in [1.29, 1.82) is 0 Å².